The van der Waals surface area contributed by atoms with Crippen LogP contribution in [0.25, 0.3) is 0 Å². The zero-order valence-electron chi connectivity index (χ0n) is 10.9. The molecule has 1 N–H and O–H groups in total. The molecule has 0 bridgehead atoms. The van der Waals surface area contributed by atoms with Crippen molar-refractivity contribution in [3.05, 3.63) is 29.0 Å². The molecule has 18 heavy (non-hydrogen) atoms. The quantitative estimate of drug-likeness (QED) is 0.891. The highest BCUT2D eigenvalue weighted by molar-refractivity contribution is 6.30. The largest absolute Gasteiger partial charge is 0.348 e. The molecular formula is C14H19ClN2O. The summed E-state index contributed by atoms with van der Waals surface area (Å²) in [5.74, 6) is -0.125. The zero-order chi connectivity index (χ0) is 13.2. The smallest absolute Gasteiger partial charge is 0.270 e. The molecule has 1 saturated carbocycles. The lowest BCUT2D eigenvalue weighted by Crippen LogP contribution is -2.40. The molecule has 3 nitrogen and oxygen atoms in total. The van der Waals surface area contributed by atoms with Crippen molar-refractivity contribution in [1.29, 1.82) is 0 Å². The Morgan fingerprint density at radius 3 is 3.00 bits per heavy atom. The highest BCUT2D eigenvalue weighted by Crippen LogP contribution is 2.35. The van der Waals surface area contributed by atoms with Gasteiger partial charge in [0.25, 0.3) is 5.91 Å². The Bertz CT molecular complexity index is 445. The Kier molecular flexibility index (Phi) is 3.91. The fourth-order valence-corrected chi connectivity index (χ4v) is 2.77. The van der Waals surface area contributed by atoms with Crippen molar-refractivity contribution in [2.24, 2.45) is 5.41 Å². The summed E-state index contributed by atoms with van der Waals surface area (Å²) in [5, 5.41) is 3.60. The van der Waals surface area contributed by atoms with E-state index in [1.807, 2.05) is 0 Å². The summed E-state index contributed by atoms with van der Waals surface area (Å²) in [5.41, 5.74) is 0.712. The molecule has 0 saturated heterocycles. The minimum atomic E-state index is -0.125. The summed E-state index contributed by atoms with van der Waals surface area (Å²) in [4.78, 5) is 16.1. The molecule has 1 aromatic heterocycles. The third-order valence-corrected chi connectivity index (χ3v) is 3.73. The molecule has 98 valence electrons. The van der Waals surface area contributed by atoms with Crippen LogP contribution in [0.5, 0.6) is 0 Å². The van der Waals surface area contributed by atoms with Crippen molar-refractivity contribution in [1.82, 2.24) is 10.3 Å². The van der Waals surface area contributed by atoms with E-state index in [2.05, 4.69) is 24.1 Å². The van der Waals surface area contributed by atoms with Gasteiger partial charge in [-0.05, 0) is 36.8 Å². The number of pyridine rings is 1. The average Bonchev–Trinajstić information content (AvgIpc) is 2.27. The predicted molar refractivity (Wildman–Crippen MR) is 72.8 cm³/mol. The minimum Gasteiger partial charge on any atom is -0.348 e. The SMILES string of the molecule is CC1(C)CCCC(NC(=O)c2cc(Cl)ccn2)C1. The van der Waals surface area contributed by atoms with Crippen LogP contribution in [0.3, 0.4) is 0 Å². The third kappa shape index (κ3) is 3.45. The Hall–Kier alpha value is -1.09. The minimum absolute atomic E-state index is 0.125. The summed E-state index contributed by atoms with van der Waals surface area (Å²) in [6.07, 6.45) is 6.03. The fraction of sp³-hybridized carbons (Fsp3) is 0.571. The number of hydrogen-bond donors (Lipinski definition) is 1. The first-order valence-corrected chi connectivity index (χ1v) is 6.76. The van der Waals surface area contributed by atoms with Gasteiger partial charge in [0.05, 0.1) is 0 Å². The molecule has 1 aliphatic carbocycles. The summed E-state index contributed by atoms with van der Waals surface area (Å²) in [6.45, 7) is 4.51. The molecule has 1 amide bonds. The molecule has 0 aliphatic heterocycles. The van der Waals surface area contributed by atoms with Gasteiger partial charge >= 0.3 is 0 Å². The molecule has 1 aromatic rings. The van der Waals surface area contributed by atoms with Crippen molar-refractivity contribution >= 4 is 17.5 Å². The summed E-state index contributed by atoms with van der Waals surface area (Å²) < 4.78 is 0. The Morgan fingerprint density at radius 2 is 2.33 bits per heavy atom. The van der Waals surface area contributed by atoms with Crippen molar-refractivity contribution < 1.29 is 4.79 Å². The van der Waals surface area contributed by atoms with Gasteiger partial charge in [0.15, 0.2) is 0 Å². The Labute approximate surface area is 113 Å². The predicted octanol–water partition coefficient (Wildman–Crippen LogP) is 3.43. The van der Waals surface area contributed by atoms with Crippen LogP contribution >= 0.6 is 11.6 Å². The van der Waals surface area contributed by atoms with Gasteiger partial charge in [0.2, 0.25) is 0 Å². The normalized spacial score (nSPS) is 22.5. The van der Waals surface area contributed by atoms with E-state index >= 15 is 0 Å². The first-order valence-electron chi connectivity index (χ1n) is 6.39. The van der Waals surface area contributed by atoms with E-state index in [9.17, 15) is 4.79 Å². The molecule has 1 fully saturated rings. The van der Waals surface area contributed by atoms with Gasteiger partial charge < -0.3 is 5.32 Å². The number of carbonyl (C=O) groups is 1. The number of carbonyl (C=O) groups excluding carboxylic acids is 1. The number of amides is 1. The molecule has 1 unspecified atom stereocenters. The summed E-state index contributed by atoms with van der Waals surface area (Å²) in [6, 6.07) is 3.52. The van der Waals surface area contributed by atoms with Gasteiger partial charge in [-0.15, -0.1) is 0 Å². The van der Waals surface area contributed by atoms with Crippen LogP contribution < -0.4 is 5.32 Å². The lowest BCUT2D eigenvalue weighted by molar-refractivity contribution is 0.0897. The van der Waals surface area contributed by atoms with E-state index in [0.29, 0.717) is 16.1 Å². The van der Waals surface area contributed by atoms with Gasteiger partial charge in [-0.2, -0.15) is 0 Å². The maximum atomic E-state index is 12.0. The third-order valence-electron chi connectivity index (χ3n) is 3.49. The lowest BCUT2D eigenvalue weighted by Gasteiger charge is -2.35. The maximum absolute atomic E-state index is 12.0. The second kappa shape index (κ2) is 5.27. The highest BCUT2D eigenvalue weighted by Gasteiger charge is 2.29. The average molecular weight is 267 g/mol. The monoisotopic (exact) mass is 266 g/mol. The van der Waals surface area contributed by atoms with E-state index in [1.165, 1.54) is 12.8 Å². The summed E-state index contributed by atoms with van der Waals surface area (Å²) >= 11 is 5.86. The van der Waals surface area contributed by atoms with Crippen LogP contribution in [0, 0.1) is 5.41 Å². The van der Waals surface area contributed by atoms with E-state index in [-0.39, 0.29) is 11.9 Å². The highest BCUT2D eigenvalue weighted by atomic mass is 35.5. The molecule has 4 heteroatoms. The van der Waals surface area contributed by atoms with E-state index < -0.39 is 0 Å². The topological polar surface area (TPSA) is 42.0 Å². The Balaban J connectivity index is 1.99. The van der Waals surface area contributed by atoms with Crippen molar-refractivity contribution in [3.8, 4) is 0 Å². The van der Waals surface area contributed by atoms with Crippen molar-refractivity contribution in [2.75, 3.05) is 0 Å². The molecule has 0 radical (unpaired) electrons. The second-order valence-electron chi connectivity index (χ2n) is 5.79. The number of hydrogen-bond acceptors (Lipinski definition) is 2. The van der Waals surface area contributed by atoms with Crippen LogP contribution in [-0.4, -0.2) is 16.9 Å². The number of aromatic nitrogens is 1. The molecule has 0 spiro atoms. The van der Waals surface area contributed by atoms with Crippen LogP contribution in [0.2, 0.25) is 5.02 Å². The maximum Gasteiger partial charge on any atom is 0.270 e. The van der Waals surface area contributed by atoms with Crippen LogP contribution in [0.15, 0.2) is 18.3 Å². The number of nitrogens with one attached hydrogen (secondary N) is 1. The fourth-order valence-electron chi connectivity index (χ4n) is 2.61. The van der Waals surface area contributed by atoms with Crippen LogP contribution in [0.4, 0.5) is 0 Å². The van der Waals surface area contributed by atoms with E-state index in [0.717, 1.165) is 12.8 Å². The summed E-state index contributed by atoms with van der Waals surface area (Å²) in [7, 11) is 0. The van der Waals surface area contributed by atoms with Gasteiger partial charge in [0.1, 0.15) is 5.69 Å². The molecule has 1 heterocycles. The molecular weight excluding hydrogens is 248 g/mol. The number of rotatable bonds is 2. The van der Waals surface area contributed by atoms with Crippen LogP contribution in [0.1, 0.15) is 50.0 Å². The Morgan fingerprint density at radius 1 is 1.56 bits per heavy atom. The molecule has 1 aliphatic rings. The molecule has 1 atom stereocenters. The van der Waals surface area contributed by atoms with Gasteiger partial charge in [-0.25, -0.2) is 0 Å². The molecule has 0 aromatic carbocycles. The van der Waals surface area contributed by atoms with Gasteiger partial charge in [-0.3, -0.25) is 9.78 Å². The first-order chi connectivity index (χ1) is 8.46. The zero-order valence-corrected chi connectivity index (χ0v) is 11.6. The van der Waals surface area contributed by atoms with E-state index in [1.54, 1.807) is 18.3 Å². The van der Waals surface area contributed by atoms with Gasteiger partial charge in [-0.1, -0.05) is 31.9 Å². The van der Waals surface area contributed by atoms with Crippen molar-refractivity contribution in [2.45, 2.75) is 45.6 Å². The second-order valence-corrected chi connectivity index (χ2v) is 6.23. The van der Waals surface area contributed by atoms with Gasteiger partial charge in [0, 0.05) is 17.3 Å². The lowest BCUT2D eigenvalue weighted by atomic mass is 9.75. The van der Waals surface area contributed by atoms with E-state index in [4.69, 9.17) is 11.6 Å². The van der Waals surface area contributed by atoms with Crippen molar-refractivity contribution in [3.63, 3.8) is 0 Å². The standard InChI is InChI=1S/C14H19ClN2O/c1-14(2)6-3-4-11(9-14)17-13(18)12-8-10(15)5-7-16-12/h5,7-8,11H,3-4,6,9H2,1-2H3,(H,17,18). The number of halogens is 1. The first kappa shape index (κ1) is 13.3. The molecule has 2 rings (SSSR count). The number of nitrogens with zero attached hydrogens (tertiary/aromatic N) is 1. The van der Waals surface area contributed by atoms with Crippen LogP contribution in [-0.2, 0) is 0 Å².